The van der Waals surface area contributed by atoms with Crippen LogP contribution >= 0.6 is 0 Å². The van der Waals surface area contributed by atoms with Crippen LogP contribution < -0.4 is 0 Å². The second kappa shape index (κ2) is 8.93. The van der Waals surface area contributed by atoms with E-state index in [0.29, 0.717) is 33.7 Å². The third-order valence-electron chi connectivity index (χ3n) is 5.97. The Hall–Kier alpha value is -2.77. The molecule has 3 aromatic rings. The highest BCUT2D eigenvalue weighted by Crippen LogP contribution is 2.36. The highest BCUT2D eigenvalue weighted by atomic mass is 19.2. The average molecular weight is 408 g/mol. The van der Waals surface area contributed by atoms with E-state index >= 15 is 0 Å². The summed E-state index contributed by atoms with van der Waals surface area (Å²) in [6.45, 7) is 0.792. The second-order valence-electron chi connectivity index (χ2n) is 7.96. The van der Waals surface area contributed by atoms with E-state index in [9.17, 15) is 13.2 Å². The highest BCUT2D eigenvalue weighted by Gasteiger charge is 2.22. The van der Waals surface area contributed by atoms with Gasteiger partial charge < -0.3 is 4.74 Å². The molecule has 1 nitrogen and oxygen atoms in total. The molecule has 4 heteroatoms. The van der Waals surface area contributed by atoms with Crippen LogP contribution in [0.2, 0.25) is 0 Å². The summed E-state index contributed by atoms with van der Waals surface area (Å²) in [4.78, 5) is 0. The number of hydrogen-bond donors (Lipinski definition) is 0. The van der Waals surface area contributed by atoms with Crippen LogP contribution in [0.15, 0.2) is 48.5 Å². The predicted octanol–water partition coefficient (Wildman–Crippen LogP) is 6.58. The van der Waals surface area contributed by atoms with Gasteiger partial charge in [0.25, 0.3) is 0 Å². The molecule has 0 bridgehead atoms. The summed E-state index contributed by atoms with van der Waals surface area (Å²) in [7, 11) is 1.73. The van der Waals surface area contributed by atoms with Crippen LogP contribution in [0, 0.1) is 35.2 Å². The average Bonchev–Trinajstić information content (AvgIpc) is 2.74. The Bertz CT molecular complexity index is 1120. The summed E-state index contributed by atoms with van der Waals surface area (Å²) in [5, 5.41) is 1.06. The molecule has 1 aliphatic carbocycles. The number of rotatable bonds is 3. The second-order valence-corrected chi connectivity index (χ2v) is 7.96. The lowest BCUT2D eigenvalue weighted by molar-refractivity contribution is 0.127. The normalized spacial score (nSPS) is 18.8. The van der Waals surface area contributed by atoms with Crippen LogP contribution in [0.1, 0.15) is 48.3 Å². The minimum Gasteiger partial charge on any atom is -0.384 e. The van der Waals surface area contributed by atoms with E-state index in [1.165, 1.54) is 0 Å². The third-order valence-corrected chi connectivity index (χ3v) is 5.97. The summed E-state index contributed by atoms with van der Waals surface area (Å²) < 4.78 is 47.1. The summed E-state index contributed by atoms with van der Waals surface area (Å²) in [5.74, 6) is 4.56. The van der Waals surface area contributed by atoms with Gasteiger partial charge in [-0.2, -0.15) is 0 Å². The van der Waals surface area contributed by atoms with Crippen LogP contribution in [0.3, 0.4) is 0 Å². The molecule has 0 aromatic heterocycles. The SMILES string of the molecule is COCC1CCC(c2ccc(C#Cc3cccc4cc(F)c(F)cc34)c(F)c2)CC1. The molecule has 4 rings (SSSR count). The van der Waals surface area contributed by atoms with Crippen molar-refractivity contribution in [2.24, 2.45) is 5.92 Å². The zero-order valence-corrected chi connectivity index (χ0v) is 16.9. The maximum Gasteiger partial charge on any atom is 0.159 e. The first-order valence-electron chi connectivity index (χ1n) is 10.2. The van der Waals surface area contributed by atoms with Gasteiger partial charge in [0.15, 0.2) is 11.6 Å². The van der Waals surface area contributed by atoms with Gasteiger partial charge in [0.2, 0.25) is 0 Å². The van der Waals surface area contributed by atoms with Gasteiger partial charge in [-0.1, -0.05) is 30.0 Å². The van der Waals surface area contributed by atoms with E-state index in [-0.39, 0.29) is 5.82 Å². The molecule has 154 valence electrons. The van der Waals surface area contributed by atoms with Crippen molar-refractivity contribution in [3.63, 3.8) is 0 Å². The molecular weight excluding hydrogens is 385 g/mol. The molecule has 1 fully saturated rings. The van der Waals surface area contributed by atoms with Crippen LogP contribution in [-0.2, 0) is 4.74 Å². The van der Waals surface area contributed by atoms with Gasteiger partial charge in [-0.05, 0) is 78.8 Å². The Morgan fingerprint density at radius 2 is 1.57 bits per heavy atom. The Labute approximate surface area is 174 Å². The number of benzene rings is 3. The van der Waals surface area contributed by atoms with E-state index in [1.807, 2.05) is 6.07 Å². The first-order valence-corrected chi connectivity index (χ1v) is 10.2. The van der Waals surface area contributed by atoms with Crippen LogP contribution in [0.5, 0.6) is 0 Å². The van der Waals surface area contributed by atoms with E-state index in [2.05, 4.69) is 11.8 Å². The fourth-order valence-electron chi connectivity index (χ4n) is 4.30. The van der Waals surface area contributed by atoms with Crippen molar-refractivity contribution in [3.05, 3.63) is 82.7 Å². The van der Waals surface area contributed by atoms with Gasteiger partial charge in [0.05, 0.1) is 5.56 Å². The lowest BCUT2D eigenvalue weighted by Gasteiger charge is -2.28. The summed E-state index contributed by atoms with van der Waals surface area (Å²) >= 11 is 0. The molecule has 1 aliphatic rings. The summed E-state index contributed by atoms with van der Waals surface area (Å²) in [6.07, 6.45) is 4.27. The van der Waals surface area contributed by atoms with Crippen LogP contribution in [0.25, 0.3) is 10.8 Å². The number of methoxy groups -OCH3 is 1. The van der Waals surface area contributed by atoms with E-state index < -0.39 is 11.6 Å². The van der Waals surface area contributed by atoms with Crippen molar-refractivity contribution in [3.8, 4) is 11.8 Å². The smallest absolute Gasteiger partial charge is 0.159 e. The van der Waals surface area contributed by atoms with Gasteiger partial charge in [-0.15, -0.1) is 0 Å². The standard InChI is InChI=1S/C26H23F3O/c1-30-16-17-5-7-18(8-6-17)21-12-11-20(24(27)13-21)10-9-19-3-2-4-22-14-25(28)26(29)15-23(19)22/h2-4,11-15,17-18H,5-8,16H2,1H3. The third kappa shape index (κ3) is 4.37. The predicted molar refractivity (Wildman–Crippen MR) is 113 cm³/mol. The van der Waals surface area contributed by atoms with Gasteiger partial charge in [0.1, 0.15) is 5.82 Å². The Balaban J connectivity index is 1.56. The number of fused-ring (bicyclic) bond motifs is 1. The number of halogens is 3. The molecule has 3 aromatic carbocycles. The van der Waals surface area contributed by atoms with Gasteiger partial charge in [0, 0.05) is 24.7 Å². The fourth-order valence-corrected chi connectivity index (χ4v) is 4.30. The minimum absolute atomic E-state index is 0.298. The number of ether oxygens (including phenoxy) is 1. The van der Waals surface area contributed by atoms with Gasteiger partial charge >= 0.3 is 0 Å². The first kappa shape index (κ1) is 20.5. The molecule has 0 saturated heterocycles. The Morgan fingerprint density at radius 1 is 0.833 bits per heavy atom. The maximum atomic E-state index is 14.7. The summed E-state index contributed by atoms with van der Waals surface area (Å²) in [6, 6.07) is 12.7. The molecular formula is C26H23F3O. The van der Waals surface area contributed by atoms with E-state index in [4.69, 9.17) is 4.74 Å². The summed E-state index contributed by atoms with van der Waals surface area (Å²) in [5.41, 5.74) is 1.84. The largest absolute Gasteiger partial charge is 0.384 e. The van der Waals surface area contributed by atoms with Gasteiger partial charge in [-0.25, -0.2) is 13.2 Å². The lowest BCUT2D eigenvalue weighted by atomic mass is 9.79. The van der Waals surface area contributed by atoms with Crippen molar-refractivity contribution < 1.29 is 17.9 Å². The maximum absolute atomic E-state index is 14.7. The Morgan fingerprint density at radius 3 is 2.30 bits per heavy atom. The van der Waals surface area contributed by atoms with E-state index in [0.717, 1.165) is 50.0 Å². The first-order chi connectivity index (χ1) is 14.5. The highest BCUT2D eigenvalue weighted by molar-refractivity contribution is 5.88. The topological polar surface area (TPSA) is 9.23 Å². The molecule has 0 heterocycles. The van der Waals surface area contributed by atoms with Gasteiger partial charge in [-0.3, -0.25) is 0 Å². The van der Waals surface area contributed by atoms with Crippen molar-refractivity contribution in [1.29, 1.82) is 0 Å². The lowest BCUT2D eigenvalue weighted by Crippen LogP contribution is -2.17. The van der Waals surface area contributed by atoms with Crippen molar-refractivity contribution in [1.82, 2.24) is 0 Å². The minimum atomic E-state index is -0.924. The molecule has 0 N–H and O–H groups in total. The molecule has 1 saturated carbocycles. The molecule has 0 radical (unpaired) electrons. The van der Waals surface area contributed by atoms with Crippen LogP contribution in [-0.4, -0.2) is 13.7 Å². The zero-order valence-electron chi connectivity index (χ0n) is 16.9. The van der Waals surface area contributed by atoms with Crippen molar-refractivity contribution >= 4 is 10.8 Å². The van der Waals surface area contributed by atoms with Crippen molar-refractivity contribution in [2.75, 3.05) is 13.7 Å². The molecule has 0 aliphatic heterocycles. The fraction of sp³-hybridized carbons (Fsp3) is 0.308. The number of hydrogen-bond acceptors (Lipinski definition) is 1. The van der Waals surface area contributed by atoms with Crippen LogP contribution in [0.4, 0.5) is 13.2 Å². The molecule has 0 unspecified atom stereocenters. The van der Waals surface area contributed by atoms with E-state index in [1.54, 1.807) is 37.4 Å². The molecule has 0 spiro atoms. The zero-order chi connectivity index (χ0) is 21.1. The molecule has 30 heavy (non-hydrogen) atoms. The quantitative estimate of drug-likeness (QED) is 0.445. The van der Waals surface area contributed by atoms with Crippen molar-refractivity contribution in [2.45, 2.75) is 31.6 Å². The Kier molecular flexibility index (Phi) is 6.11. The monoisotopic (exact) mass is 408 g/mol. The molecule has 0 amide bonds. The molecule has 0 atom stereocenters.